The van der Waals surface area contributed by atoms with Crippen LogP contribution in [0.1, 0.15) is 0 Å². The van der Waals surface area contributed by atoms with Crippen LogP contribution < -0.4 is 5.43 Å². The standard InChI is InChI=1S/C8H10F2N2O2/c1-2-4-12-5-3-8(11-12,6(9)10)7(13)14/h2-3,5-6,11H,1,4H2,(H,13,14). The minimum Gasteiger partial charge on any atom is -0.479 e. The number of nitrogens with one attached hydrogen (secondary N) is 1. The Labute approximate surface area is 79.5 Å². The number of carboxylic acid groups (broad SMARTS) is 1. The van der Waals surface area contributed by atoms with Crippen molar-refractivity contribution < 1.29 is 18.7 Å². The second kappa shape index (κ2) is 3.75. The fourth-order valence-electron chi connectivity index (χ4n) is 1.10. The number of nitrogens with zero attached hydrogens (tertiary/aromatic N) is 1. The third kappa shape index (κ3) is 1.60. The summed E-state index contributed by atoms with van der Waals surface area (Å²) in [6.45, 7) is 3.67. The first-order valence-corrected chi connectivity index (χ1v) is 3.89. The lowest BCUT2D eigenvalue weighted by molar-refractivity contribution is -0.150. The Hall–Kier alpha value is -1.43. The molecule has 0 saturated carbocycles. The maximum absolute atomic E-state index is 12.5. The molecule has 0 bridgehead atoms. The molecule has 0 aromatic heterocycles. The highest BCUT2D eigenvalue weighted by Crippen LogP contribution is 2.23. The number of halogens is 2. The third-order valence-electron chi connectivity index (χ3n) is 1.87. The molecule has 6 heteroatoms. The molecule has 0 aliphatic carbocycles. The minimum atomic E-state index is -3.01. The summed E-state index contributed by atoms with van der Waals surface area (Å²) in [6, 6.07) is 0. The molecule has 1 atom stereocenters. The Kier molecular flexibility index (Phi) is 2.85. The largest absolute Gasteiger partial charge is 0.479 e. The van der Waals surface area contributed by atoms with Gasteiger partial charge in [0.1, 0.15) is 0 Å². The highest BCUT2D eigenvalue weighted by atomic mass is 19.3. The van der Waals surface area contributed by atoms with Crippen LogP contribution in [-0.4, -0.2) is 34.6 Å². The van der Waals surface area contributed by atoms with Crippen LogP contribution in [-0.2, 0) is 4.79 Å². The minimum absolute atomic E-state index is 0.262. The van der Waals surface area contributed by atoms with Gasteiger partial charge in [-0.2, -0.15) is 0 Å². The van der Waals surface area contributed by atoms with Gasteiger partial charge in [0, 0.05) is 6.20 Å². The number of alkyl halides is 2. The molecule has 78 valence electrons. The maximum atomic E-state index is 12.5. The van der Waals surface area contributed by atoms with Crippen LogP contribution in [0.5, 0.6) is 0 Å². The fraction of sp³-hybridized carbons (Fsp3) is 0.375. The van der Waals surface area contributed by atoms with Gasteiger partial charge in [-0.15, -0.1) is 6.58 Å². The Morgan fingerprint density at radius 3 is 2.79 bits per heavy atom. The van der Waals surface area contributed by atoms with Crippen LogP contribution in [0, 0.1) is 0 Å². The van der Waals surface area contributed by atoms with Gasteiger partial charge in [-0.3, -0.25) is 0 Å². The molecule has 1 heterocycles. The zero-order valence-electron chi connectivity index (χ0n) is 7.28. The summed E-state index contributed by atoms with van der Waals surface area (Å²) in [4.78, 5) is 10.7. The van der Waals surface area contributed by atoms with Crippen LogP contribution in [0.2, 0.25) is 0 Å². The maximum Gasteiger partial charge on any atom is 0.335 e. The molecule has 0 radical (unpaired) electrons. The summed E-state index contributed by atoms with van der Waals surface area (Å²) < 4.78 is 25.0. The smallest absolute Gasteiger partial charge is 0.335 e. The van der Waals surface area contributed by atoms with Crippen molar-refractivity contribution in [1.82, 2.24) is 10.4 Å². The Morgan fingerprint density at radius 1 is 1.79 bits per heavy atom. The van der Waals surface area contributed by atoms with Crippen molar-refractivity contribution in [2.24, 2.45) is 0 Å². The molecule has 0 spiro atoms. The monoisotopic (exact) mass is 204 g/mol. The number of hydrogen-bond donors (Lipinski definition) is 2. The van der Waals surface area contributed by atoms with E-state index in [2.05, 4.69) is 12.0 Å². The molecule has 1 aliphatic rings. The first-order chi connectivity index (χ1) is 6.53. The average Bonchev–Trinajstić information content (AvgIpc) is 2.50. The average molecular weight is 204 g/mol. The van der Waals surface area contributed by atoms with E-state index in [-0.39, 0.29) is 6.54 Å². The predicted molar refractivity (Wildman–Crippen MR) is 45.5 cm³/mol. The van der Waals surface area contributed by atoms with E-state index in [1.54, 1.807) is 0 Å². The zero-order chi connectivity index (χ0) is 10.8. The van der Waals surface area contributed by atoms with Gasteiger partial charge in [-0.05, 0) is 6.08 Å². The van der Waals surface area contributed by atoms with Gasteiger partial charge < -0.3 is 10.1 Å². The fourth-order valence-corrected chi connectivity index (χ4v) is 1.10. The van der Waals surface area contributed by atoms with E-state index in [0.717, 1.165) is 6.08 Å². The van der Waals surface area contributed by atoms with Crippen molar-refractivity contribution in [3.8, 4) is 0 Å². The number of rotatable bonds is 4. The molecule has 2 N–H and O–H groups in total. The lowest BCUT2D eigenvalue weighted by Crippen LogP contribution is -2.57. The van der Waals surface area contributed by atoms with Gasteiger partial charge >= 0.3 is 5.97 Å². The molecular formula is C8H10F2N2O2. The van der Waals surface area contributed by atoms with Gasteiger partial charge in [0.2, 0.25) is 5.54 Å². The molecule has 14 heavy (non-hydrogen) atoms. The van der Waals surface area contributed by atoms with Crippen molar-refractivity contribution >= 4 is 5.97 Å². The van der Waals surface area contributed by atoms with E-state index in [1.807, 2.05) is 0 Å². The second-order valence-corrected chi connectivity index (χ2v) is 2.84. The molecule has 0 amide bonds. The van der Waals surface area contributed by atoms with Crippen molar-refractivity contribution in [3.05, 3.63) is 24.9 Å². The van der Waals surface area contributed by atoms with Crippen molar-refractivity contribution in [3.63, 3.8) is 0 Å². The van der Waals surface area contributed by atoms with E-state index in [1.165, 1.54) is 17.3 Å². The molecular weight excluding hydrogens is 194 g/mol. The van der Waals surface area contributed by atoms with E-state index in [0.29, 0.717) is 0 Å². The van der Waals surface area contributed by atoms with Crippen LogP contribution in [0.15, 0.2) is 24.9 Å². The van der Waals surface area contributed by atoms with E-state index < -0.39 is 17.9 Å². The summed E-state index contributed by atoms with van der Waals surface area (Å²) in [5, 5.41) is 9.92. The lowest BCUT2D eigenvalue weighted by Gasteiger charge is -2.25. The Balaban J connectivity index is 2.81. The van der Waals surface area contributed by atoms with E-state index >= 15 is 0 Å². The molecule has 0 saturated heterocycles. The highest BCUT2D eigenvalue weighted by molar-refractivity contribution is 5.82. The van der Waals surface area contributed by atoms with Crippen LogP contribution in [0.4, 0.5) is 8.78 Å². The Morgan fingerprint density at radius 2 is 2.43 bits per heavy atom. The quantitative estimate of drug-likeness (QED) is 0.658. The number of aliphatic carboxylic acids is 1. The first-order valence-electron chi connectivity index (χ1n) is 3.89. The Bertz CT molecular complexity index is 281. The summed E-state index contributed by atoms with van der Waals surface area (Å²) in [5.74, 6) is -1.60. The molecule has 1 unspecified atom stereocenters. The van der Waals surface area contributed by atoms with E-state index in [4.69, 9.17) is 5.11 Å². The first kappa shape index (κ1) is 10.6. The van der Waals surface area contributed by atoms with Gasteiger partial charge in [0.15, 0.2) is 0 Å². The topological polar surface area (TPSA) is 52.6 Å². The van der Waals surface area contributed by atoms with Crippen LogP contribution >= 0.6 is 0 Å². The second-order valence-electron chi connectivity index (χ2n) is 2.84. The van der Waals surface area contributed by atoms with Crippen LogP contribution in [0.25, 0.3) is 0 Å². The third-order valence-corrected chi connectivity index (χ3v) is 1.87. The summed E-state index contributed by atoms with van der Waals surface area (Å²) in [7, 11) is 0. The van der Waals surface area contributed by atoms with Crippen molar-refractivity contribution in [2.75, 3.05) is 6.54 Å². The van der Waals surface area contributed by atoms with Crippen molar-refractivity contribution in [2.45, 2.75) is 12.0 Å². The molecule has 0 aromatic rings. The lowest BCUT2D eigenvalue weighted by atomic mass is 10.0. The zero-order valence-corrected chi connectivity index (χ0v) is 7.28. The van der Waals surface area contributed by atoms with Gasteiger partial charge in [-0.1, -0.05) is 6.08 Å². The number of hydrogen-bond acceptors (Lipinski definition) is 3. The van der Waals surface area contributed by atoms with Crippen molar-refractivity contribution in [1.29, 1.82) is 0 Å². The summed E-state index contributed by atoms with van der Waals surface area (Å²) in [5.41, 5.74) is -0.0969. The number of hydrazine groups is 1. The summed E-state index contributed by atoms with van der Waals surface area (Å²) >= 11 is 0. The SMILES string of the molecule is C=CCN1C=CC(C(=O)O)(C(F)F)N1. The number of carbonyl (C=O) groups is 1. The molecule has 0 fully saturated rings. The molecule has 1 aliphatic heterocycles. The highest BCUT2D eigenvalue weighted by Gasteiger charge is 2.49. The number of carboxylic acids is 1. The van der Waals surface area contributed by atoms with Crippen LogP contribution in [0.3, 0.4) is 0 Å². The molecule has 4 nitrogen and oxygen atoms in total. The predicted octanol–water partition coefficient (Wildman–Crippen LogP) is 0.595. The van der Waals surface area contributed by atoms with E-state index in [9.17, 15) is 13.6 Å². The van der Waals surface area contributed by atoms with Gasteiger partial charge in [-0.25, -0.2) is 19.0 Å². The van der Waals surface area contributed by atoms with Gasteiger partial charge in [0.25, 0.3) is 6.43 Å². The summed E-state index contributed by atoms with van der Waals surface area (Å²) in [6.07, 6.45) is 0.665. The molecule has 0 aromatic carbocycles. The normalized spacial score (nSPS) is 25.8. The molecule has 1 rings (SSSR count). The van der Waals surface area contributed by atoms with Gasteiger partial charge in [0.05, 0.1) is 6.54 Å².